The highest BCUT2D eigenvalue weighted by atomic mass is 16.3. The molecule has 2 unspecified atom stereocenters. The Bertz CT molecular complexity index is 1990. The summed E-state index contributed by atoms with van der Waals surface area (Å²) in [6, 6.07) is 37.9. The van der Waals surface area contributed by atoms with Gasteiger partial charge in [-0.15, -0.1) is 5.92 Å². The van der Waals surface area contributed by atoms with Crippen molar-refractivity contribution in [2.24, 2.45) is 23.7 Å². The Morgan fingerprint density at radius 3 is 1.72 bits per heavy atom. The monoisotopic (exact) mass is 807 g/mol. The second-order valence-corrected chi connectivity index (χ2v) is 18.6. The van der Waals surface area contributed by atoms with Crippen LogP contribution in [0.3, 0.4) is 0 Å². The van der Waals surface area contributed by atoms with Gasteiger partial charge < -0.3 is 5.11 Å². The van der Waals surface area contributed by atoms with Crippen LogP contribution < -0.4 is 0 Å². The minimum Gasteiger partial charge on any atom is -0.507 e. The number of phenols is 1. The minimum atomic E-state index is 0. The second kappa shape index (κ2) is 26.1. The molecule has 0 spiro atoms. The predicted octanol–water partition coefficient (Wildman–Crippen LogP) is 17.9. The minimum absolute atomic E-state index is 0. The van der Waals surface area contributed by atoms with Crippen LogP contribution in [-0.4, -0.2) is 5.11 Å². The van der Waals surface area contributed by atoms with E-state index in [1.165, 1.54) is 78.0 Å². The number of fused-ring (bicyclic) bond motifs is 1. The average molecular weight is 807 g/mol. The molecule has 0 amide bonds. The smallest absolute Gasteiger partial charge is 0.123 e. The number of benzene rings is 5. The number of aryl methyl sites for hydroxylation is 1. The molecule has 1 N–H and O–H groups in total. The maximum Gasteiger partial charge on any atom is 0.123 e. The molecule has 60 heavy (non-hydrogen) atoms. The Balaban J connectivity index is 0.000000218. The quantitative estimate of drug-likeness (QED) is 0.155. The van der Waals surface area contributed by atoms with E-state index in [2.05, 4.69) is 159 Å². The normalized spacial score (nSPS) is 16.4. The molecule has 5 aromatic carbocycles. The van der Waals surface area contributed by atoms with Crippen molar-refractivity contribution in [2.75, 3.05) is 0 Å². The standard InChI is InChI=1S/C19H18O.C15H28.C12H18.C12H14.CH4/c1-13(2)15-9-10-19(20)18(12-15)17-8-7-14-5-3-4-6-16(14)11-17;1-12(2)14-9-6-10-15(11-14)13-7-4-3-5-8-13;2*1-4-5-11-6-8-12(9-7-11)10(2)3;/h3-13,20H,1-2H3;12-15H,3-11H2,1-2H3;6-10H,4-5H2,1-3H3;6-10H,1-3H3;1H4. The van der Waals surface area contributed by atoms with Crippen LogP contribution in [0.1, 0.15) is 186 Å². The maximum atomic E-state index is 10.1. The van der Waals surface area contributed by atoms with Gasteiger partial charge in [-0.25, -0.2) is 0 Å². The lowest BCUT2D eigenvalue weighted by Crippen LogP contribution is -2.26. The molecule has 0 saturated heterocycles. The molecule has 2 aliphatic rings. The first kappa shape index (κ1) is 50.1. The molecule has 2 atom stereocenters. The van der Waals surface area contributed by atoms with Crippen LogP contribution in [0, 0.1) is 35.5 Å². The number of hydrogen-bond acceptors (Lipinski definition) is 1. The Hall–Kier alpha value is -4.28. The van der Waals surface area contributed by atoms with E-state index in [1.807, 2.05) is 25.1 Å². The van der Waals surface area contributed by atoms with Gasteiger partial charge in [-0.2, -0.15) is 0 Å². The number of aromatic hydroxyl groups is 1. The summed E-state index contributed by atoms with van der Waals surface area (Å²) in [6.07, 6.45) is 16.2. The van der Waals surface area contributed by atoms with Gasteiger partial charge in [0.1, 0.15) is 5.75 Å². The van der Waals surface area contributed by atoms with E-state index in [0.717, 1.165) is 40.4 Å². The highest BCUT2D eigenvalue weighted by Crippen LogP contribution is 2.42. The summed E-state index contributed by atoms with van der Waals surface area (Å²) < 4.78 is 0. The van der Waals surface area contributed by atoms with Gasteiger partial charge in [0.25, 0.3) is 0 Å². The largest absolute Gasteiger partial charge is 0.507 e. The fourth-order valence-electron chi connectivity index (χ4n) is 8.86. The summed E-state index contributed by atoms with van der Waals surface area (Å²) in [5, 5.41) is 12.6. The van der Waals surface area contributed by atoms with E-state index < -0.39 is 0 Å². The van der Waals surface area contributed by atoms with Gasteiger partial charge >= 0.3 is 0 Å². The van der Waals surface area contributed by atoms with Gasteiger partial charge in [0.05, 0.1) is 0 Å². The molecule has 1 nitrogen and oxygen atoms in total. The summed E-state index contributed by atoms with van der Waals surface area (Å²) in [7, 11) is 0. The summed E-state index contributed by atoms with van der Waals surface area (Å²) in [6.45, 7) is 22.1. The molecular formula is C59H82O. The van der Waals surface area contributed by atoms with Crippen molar-refractivity contribution in [1.29, 1.82) is 0 Å². The third kappa shape index (κ3) is 16.0. The van der Waals surface area contributed by atoms with Crippen LogP contribution in [0.25, 0.3) is 21.9 Å². The lowest BCUT2D eigenvalue weighted by molar-refractivity contribution is 0.137. The van der Waals surface area contributed by atoms with E-state index >= 15 is 0 Å². The van der Waals surface area contributed by atoms with Crippen molar-refractivity contribution in [3.05, 3.63) is 137 Å². The Morgan fingerprint density at radius 1 is 0.583 bits per heavy atom. The average Bonchev–Trinajstić information content (AvgIpc) is 3.25. The van der Waals surface area contributed by atoms with Crippen LogP contribution in [-0.2, 0) is 6.42 Å². The van der Waals surface area contributed by atoms with Gasteiger partial charge in [-0.1, -0.05) is 212 Å². The molecule has 1 heteroatoms. The van der Waals surface area contributed by atoms with Crippen molar-refractivity contribution >= 4 is 10.8 Å². The second-order valence-electron chi connectivity index (χ2n) is 18.6. The Kier molecular flexibility index (Phi) is 21.8. The lowest BCUT2D eigenvalue weighted by atomic mass is 9.68. The summed E-state index contributed by atoms with van der Waals surface area (Å²) >= 11 is 0. The van der Waals surface area contributed by atoms with Crippen molar-refractivity contribution in [3.8, 4) is 28.7 Å². The molecule has 7 rings (SSSR count). The molecule has 0 bridgehead atoms. The first-order valence-corrected chi connectivity index (χ1v) is 23.3. The molecule has 324 valence electrons. The van der Waals surface area contributed by atoms with Gasteiger partial charge in [0, 0.05) is 11.1 Å². The zero-order valence-corrected chi connectivity index (χ0v) is 38.7. The maximum absolute atomic E-state index is 10.1. The third-order valence-corrected chi connectivity index (χ3v) is 12.8. The molecule has 2 fully saturated rings. The van der Waals surface area contributed by atoms with Crippen molar-refractivity contribution < 1.29 is 5.11 Å². The molecule has 0 aliphatic heterocycles. The zero-order valence-electron chi connectivity index (χ0n) is 38.7. The van der Waals surface area contributed by atoms with Gasteiger partial charge in [-0.05, 0) is 130 Å². The molecule has 2 saturated carbocycles. The topological polar surface area (TPSA) is 20.2 Å². The van der Waals surface area contributed by atoms with E-state index in [9.17, 15) is 5.11 Å². The molecular weight excluding hydrogens is 725 g/mol. The van der Waals surface area contributed by atoms with Crippen molar-refractivity contribution in [1.82, 2.24) is 0 Å². The van der Waals surface area contributed by atoms with E-state index in [4.69, 9.17) is 0 Å². The summed E-state index contributed by atoms with van der Waals surface area (Å²) in [5.74, 6) is 12.1. The fraction of sp³-hybridized carbons (Fsp3) is 0.492. The molecule has 0 radical (unpaired) electrons. The van der Waals surface area contributed by atoms with Crippen molar-refractivity contribution in [2.45, 2.75) is 165 Å². The van der Waals surface area contributed by atoms with Crippen molar-refractivity contribution in [3.63, 3.8) is 0 Å². The molecule has 5 aromatic rings. The molecule has 0 aromatic heterocycles. The first-order valence-electron chi connectivity index (χ1n) is 23.3. The van der Waals surface area contributed by atoms with Crippen LogP contribution in [0.5, 0.6) is 5.75 Å². The Labute approximate surface area is 368 Å². The van der Waals surface area contributed by atoms with Crippen LogP contribution in [0.15, 0.2) is 109 Å². The summed E-state index contributed by atoms with van der Waals surface area (Å²) in [5.41, 5.74) is 8.58. The predicted molar refractivity (Wildman–Crippen MR) is 266 cm³/mol. The highest BCUT2D eigenvalue weighted by Gasteiger charge is 2.30. The van der Waals surface area contributed by atoms with Gasteiger partial charge in [0.2, 0.25) is 0 Å². The van der Waals surface area contributed by atoms with Gasteiger partial charge in [-0.3, -0.25) is 0 Å². The first-order chi connectivity index (χ1) is 28.4. The van der Waals surface area contributed by atoms with Crippen LogP contribution in [0.2, 0.25) is 0 Å². The number of hydrogen-bond donors (Lipinski definition) is 1. The molecule has 2 aliphatic carbocycles. The SMILES string of the molecule is C.CC#Cc1ccc(C(C)C)cc1.CC(C)C1CCCC(C2CCCCC2)C1.CC(C)c1ccc(O)c(-c2ccc3ccccc3c2)c1.CCCc1ccc(C(C)C)cc1. The van der Waals surface area contributed by atoms with Crippen LogP contribution >= 0.6 is 0 Å². The zero-order chi connectivity index (χ0) is 42.7. The number of rotatable bonds is 8. The third-order valence-electron chi connectivity index (χ3n) is 12.8. The Morgan fingerprint density at radius 2 is 1.15 bits per heavy atom. The van der Waals surface area contributed by atoms with E-state index in [0.29, 0.717) is 23.5 Å². The summed E-state index contributed by atoms with van der Waals surface area (Å²) in [4.78, 5) is 0. The van der Waals surface area contributed by atoms with E-state index in [1.54, 1.807) is 31.7 Å². The number of phenolic OH excluding ortho intramolecular Hbond substituents is 1. The fourth-order valence-corrected chi connectivity index (χ4v) is 8.86. The highest BCUT2D eigenvalue weighted by molar-refractivity contribution is 5.88. The van der Waals surface area contributed by atoms with E-state index in [-0.39, 0.29) is 7.43 Å². The van der Waals surface area contributed by atoms with Crippen LogP contribution in [0.4, 0.5) is 0 Å². The lowest BCUT2D eigenvalue weighted by Gasteiger charge is -2.38. The molecule has 0 heterocycles. The van der Waals surface area contributed by atoms with Gasteiger partial charge in [0.15, 0.2) is 0 Å².